The summed E-state index contributed by atoms with van der Waals surface area (Å²) in [5, 5.41) is 8.88. The first-order valence-corrected chi connectivity index (χ1v) is 6.29. The molecule has 0 bridgehead atoms. The topological polar surface area (TPSA) is 71.4 Å². The SMILES string of the molecule is C=CCCCCC[N+]1(CC(=O)O)C(=O)CCC1=O. The first kappa shape index (κ1) is 14.6. The van der Waals surface area contributed by atoms with Crippen molar-refractivity contribution in [3.63, 3.8) is 0 Å². The predicted octanol–water partition coefficient (Wildman–Crippen LogP) is 1.48. The Hall–Kier alpha value is -1.49. The van der Waals surface area contributed by atoms with Gasteiger partial charge in [0, 0.05) is 0 Å². The zero-order chi connectivity index (χ0) is 13.6. The van der Waals surface area contributed by atoms with Crippen LogP contribution in [0.2, 0.25) is 0 Å². The number of allylic oxidation sites excluding steroid dienone is 1. The molecule has 0 aromatic rings. The van der Waals surface area contributed by atoms with Crippen LogP contribution in [0.15, 0.2) is 12.7 Å². The standard InChI is InChI=1S/C13H19NO4/c1-2-3-4-5-6-9-14(10-13(17)18)11(15)7-8-12(14)16/h2H,1,3-10H2/p+1. The third-order valence-electron chi connectivity index (χ3n) is 3.36. The molecule has 1 heterocycles. The Balaban J connectivity index is 2.61. The molecule has 1 N–H and O–H groups in total. The van der Waals surface area contributed by atoms with Crippen LogP contribution in [0.4, 0.5) is 0 Å². The van der Waals surface area contributed by atoms with Crippen molar-refractivity contribution in [1.82, 2.24) is 0 Å². The second kappa shape index (κ2) is 6.44. The van der Waals surface area contributed by atoms with E-state index in [9.17, 15) is 14.4 Å². The summed E-state index contributed by atoms with van der Waals surface area (Å²) in [6.07, 6.45) is 5.62. The van der Waals surface area contributed by atoms with Crippen LogP contribution < -0.4 is 0 Å². The number of carbonyl (C=O) groups excluding carboxylic acids is 2. The molecular weight excluding hydrogens is 234 g/mol. The zero-order valence-electron chi connectivity index (χ0n) is 10.6. The minimum absolute atomic E-state index is 0.179. The van der Waals surface area contributed by atoms with Crippen molar-refractivity contribution in [1.29, 1.82) is 0 Å². The lowest BCUT2D eigenvalue weighted by Crippen LogP contribution is -2.55. The molecule has 18 heavy (non-hydrogen) atoms. The maximum atomic E-state index is 11.8. The Morgan fingerprint density at radius 3 is 2.33 bits per heavy atom. The molecule has 5 heteroatoms. The molecule has 0 aromatic heterocycles. The fraction of sp³-hybridized carbons (Fsp3) is 0.615. The fourth-order valence-electron chi connectivity index (χ4n) is 2.36. The van der Waals surface area contributed by atoms with Gasteiger partial charge in [0.15, 0.2) is 6.54 Å². The summed E-state index contributed by atoms with van der Waals surface area (Å²) >= 11 is 0. The van der Waals surface area contributed by atoms with E-state index in [1.165, 1.54) is 0 Å². The van der Waals surface area contributed by atoms with Crippen molar-refractivity contribution in [2.24, 2.45) is 0 Å². The van der Waals surface area contributed by atoms with Gasteiger partial charge in [-0.05, 0) is 25.7 Å². The van der Waals surface area contributed by atoms with Crippen LogP contribution >= 0.6 is 0 Å². The summed E-state index contributed by atoms with van der Waals surface area (Å²) in [5.41, 5.74) is 0. The van der Waals surface area contributed by atoms with Crippen molar-refractivity contribution in [2.75, 3.05) is 13.1 Å². The number of hydrogen-bond acceptors (Lipinski definition) is 3. The summed E-state index contributed by atoms with van der Waals surface area (Å²) in [4.78, 5) is 34.5. The van der Waals surface area contributed by atoms with Crippen LogP contribution in [-0.4, -0.2) is 40.5 Å². The smallest absolute Gasteiger partial charge is 0.360 e. The number of unbranched alkanes of at least 4 members (excludes halogenated alkanes) is 3. The van der Waals surface area contributed by atoms with Crippen LogP contribution in [-0.2, 0) is 14.4 Å². The number of carboxylic acid groups (broad SMARTS) is 1. The van der Waals surface area contributed by atoms with Crippen molar-refractivity contribution < 1.29 is 24.0 Å². The average Bonchev–Trinajstić information content (AvgIpc) is 2.57. The van der Waals surface area contributed by atoms with E-state index >= 15 is 0 Å². The molecule has 0 saturated carbocycles. The van der Waals surface area contributed by atoms with Gasteiger partial charge in [-0.3, -0.25) is 0 Å². The highest BCUT2D eigenvalue weighted by Crippen LogP contribution is 2.24. The van der Waals surface area contributed by atoms with Gasteiger partial charge in [0.1, 0.15) is 0 Å². The molecule has 1 fully saturated rings. The minimum atomic E-state index is -1.09. The van der Waals surface area contributed by atoms with Crippen molar-refractivity contribution >= 4 is 17.8 Å². The van der Waals surface area contributed by atoms with Gasteiger partial charge < -0.3 is 5.11 Å². The highest BCUT2D eigenvalue weighted by Gasteiger charge is 2.50. The summed E-state index contributed by atoms with van der Waals surface area (Å²) in [6.45, 7) is 3.54. The number of likely N-dealkylation sites (tertiary alicyclic amines) is 1. The average molecular weight is 254 g/mol. The number of quaternary nitrogens is 1. The molecule has 1 aliphatic heterocycles. The maximum absolute atomic E-state index is 11.8. The monoisotopic (exact) mass is 254 g/mol. The van der Waals surface area contributed by atoms with E-state index in [1.54, 1.807) is 0 Å². The highest BCUT2D eigenvalue weighted by atomic mass is 16.4. The summed E-state index contributed by atoms with van der Waals surface area (Å²) in [5.74, 6) is -1.58. The van der Waals surface area contributed by atoms with E-state index in [0.29, 0.717) is 13.0 Å². The number of aliphatic carboxylic acids is 1. The number of amides is 2. The molecule has 0 spiro atoms. The van der Waals surface area contributed by atoms with Gasteiger partial charge in [-0.1, -0.05) is 6.08 Å². The Kier molecular flexibility index (Phi) is 5.22. The second-order valence-corrected chi connectivity index (χ2v) is 4.67. The molecule has 1 rings (SSSR count). The first-order chi connectivity index (χ1) is 8.53. The molecule has 5 nitrogen and oxygen atoms in total. The third kappa shape index (κ3) is 3.26. The molecule has 0 aliphatic carbocycles. The lowest BCUT2D eigenvalue weighted by atomic mass is 10.1. The Morgan fingerprint density at radius 2 is 1.83 bits per heavy atom. The molecule has 0 unspecified atom stereocenters. The molecule has 2 amide bonds. The van der Waals surface area contributed by atoms with E-state index in [-0.39, 0.29) is 24.7 Å². The molecule has 100 valence electrons. The highest BCUT2D eigenvalue weighted by molar-refractivity contribution is 5.93. The number of carboxylic acids is 1. The van der Waals surface area contributed by atoms with Crippen LogP contribution in [0.1, 0.15) is 38.5 Å². The lowest BCUT2D eigenvalue weighted by molar-refractivity contribution is -0.766. The van der Waals surface area contributed by atoms with E-state index < -0.39 is 17.0 Å². The van der Waals surface area contributed by atoms with Crippen LogP contribution in [0.3, 0.4) is 0 Å². The molecule has 1 saturated heterocycles. The molecule has 1 aliphatic rings. The number of nitrogens with zero attached hydrogens (tertiary/aromatic N) is 1. The number of imide groups is 1. The summed E-state index contributed by atoms with van der Waals surface area (Å²) < 4.78 is -0.483. The summed E-state index contributed by atoms with van der Waals surface area (Å²) in [7, 11) is 0. The van der Waals surface area contributed by atoms with Gasteiger partial charge in [-0.2, -0.15) is 4.48 Å². The normalized spacial score (nSPS) is 18.0. The lowest BCUT2D eigenvalue weighted by Gasteiger charge is -2.26. The summed E-state index contributed by atoms with van der Waals surface area (Å²) in [6, 6.07) is 0. The minimum Gasteiger partial charge on any atom is -0.477 e. The predicted molar refractivity (Wildman–Crippen MR) is 65.5 cm³/mol. The van der Waals surface area contributed by atoms with E-state index in [0.717, 1.165) is 19.3 Å². The number of rotatable bonds is 8. The van der Waals surface area contributed by atoms with Crippen LogP contribution in [0, 0.1) is 0 Å². The van der Waals surface area contributed by atoms with Gasteiger partial charge in [-0.25, -0.2) is 14.4 Å². The van der Waals surface area contributed by atoms with E-state index in [2.05, 4.69) is 6.58 Å². The number of hydrogen-bond donors (Lipinski definition) is 1. The fourth-order valence-corrected chi connectivity index (χ4v) is 2.36. The van der Waals surface area contributed by atoms with Crippen molar-refractivity contribution in [3.8, 4) is 0 Å². The van der Waals surface area contributed by atoms with Gasteiger partial charge in [0.05, 0.1) is 19.4 Å². The Bertz CT molecular complexity index is 346. The molecule has 0 atom stereocenters. The number of carbonyl (C=O) groups is 3. The molecular formula is C13H20NO4+. The van der Waals surface area contributed by atoms with E-state index in [1.807, 2.05) is 6.08 Å². The maximum Gasteiger partial charge on any atom is 0.360 e. The zero-order valence-corrected chi connectivity index (χ0v) is 10.6. The van der Waals surface area contributed by atoms with Crippen molar-refractivity contribution in [3.05, 3.63) is 12.7 Å². The van der Waals surface area contributed by atoms with Gasteiger partial charge in [0.2, 0.25) is 0 Å². The second-order valence-electron chi connectivity index (χ2n) is 4.67. The van der Waals surface area contributed by atoms with Gasteiger partial charge in [0.25, 0.3) is 0 Å². The first-order valence-electron chi connectivity index (χ1n) is 6.29. The van der Waals surface area contributed by atoms with Crippen LogP contribution in [0.25, 0.3) is 0 Å². The third-order valence-corrected chi connectivity index (χ3v) is 3.36. The Labute approximate surface area is 107 Å². The van der Waals surface area contributed by atoms with Crippen molar-refractivity contribution in [2.45, 2.75) is 38.5 Å². The largest absolute Gasteiger partial charge is 0.477 e. The Morgan fingerprint density at radius 1 is 1.22 bits per heavy atom. The van der Waals surface area contributed by atoms with E-state index in [4.69, 9.17) is 5.11 Å². The van der Waals surface area contributed by atoms with Gasteiger partial charge in [-0.15, -0.1) is 6.58 Å². The quantitative estimate of drug-likeness (QED) is 0.308. The molecule has 0 radical (unpaired) electrons. The van der Waals surface area contributed by atoms with Crippen LogP contribution in [0.5, 0.6) is 0 Å². The molecule has 0 aromatic carbocycles. The van der Waals surface area contributed by atoms with Gasteiger partial charge >= 0.3 is 17.8 Å².